The fraction of sp³-hybridized carbons (Fsp3) is 0.556. The Hall–Kier alpha value is -0.850. The molecule has 0 radical (unpaired) electrons. The highest BCUT2D eigenvalue weighted by atomic mass is 32.2. The lowest BCUT2D eigenvalue weighted by Crippen LogP contribution is -2.29. The molecule has 15 heavy (non-hydrogen) atoms. The van der Waals surface area contributed by atoms with Crippen LogP contribution in [-0.2, 0) is 10.0 Å². The van der Waals surface area contributed by atoms with Crippen LogP contribution in [0.15, 0.2) is 23.4 Å². The van der Waals surface area contributed by atoms with E-state index in [1.807, 2.05) is 0 Å². The average Bonchev–Trinajstić information content (AvgIpc) is 2.89. The van der Waals surface area contributed by atoms with E-state index in [9.17, 15) is 8.42 Å². The van der Waals surface area contributed by atoms with Crippen molar-refractivity contribution >= 4 is 10.0 Å². The van der Waals surface area contributed by atoms with Crippen molar-refractivity contribution in [2.24, 2.45) is 5.92 Å². The van der Waals surface area contributed by atoms with Gasteiger partial charge in [-0.2, -0.15) is 4.31 Å². The van der Waals surface area contributed by atoms with Gasteiger partial charge in [0.25, 0.3) is 0 Å². The van der Waals surface area contributed by atoms with Gasteiger partial charge in [0.2, 0.25) is 10.0 Å². The Morgan fingerprint density at radius 1 is 1.60 bits per heavy atom. The van der Waals surface area contributed by atoms with Gasteiger partial charge in [-0.05, 0) is 18.4 Å². The Bertz CT molecular complexity index is 413. The van der Waals surface area contributed by atoms with E-state index in [2.05, 4.69) is 4.98 Å². The third kappa shape index (κ3) is 1.92. The number of H-pyrrole nitrogens is 1. The van der Waals surface area contributed by atoms with Crippen LogP contribution < -0.4 is 0 Å². The number of hydrogen-bond acceptors (Lipinski definition) is 3. The van der Waals surface area contributed by atoms with Crippen molar-refractivity contribution in [1.29, 1.82) is 0 Å². The van der Waals surface area contributed by atoms with Crippen LogP contribution in [-0.4, -0.2) is 42.5 Å². The maximum atomic E-state index is 12.0. The van der Waals surface area contributed by atoms with Crippen LogP contribution in [0.5, 0.6) is 0 Å². The molecule has 2 N–H and O–H groups in total. The van der Waals surface area contributed by atoms with E-state index in [1.165, 1.54) is 10.5 Å². The Morgan fingerprint density at radius 2 is 2.40 bits per heavy atom. The largest absolute Gasteiger partial charge is 0.396 e. The summed E-state index contributed by atoms with van der Waals surface area (Å²) in [5.41, 5.74) is 0. The van der Waals surface area contributed by atoms with E-state index in [1.54, 1.807) is 12.3 Å². The predicted molar refractivity (Wildman–Crippen MR) is 54.7 cm³/mol. The van der Waals surface area contributed by atoms with Gasteiger partial charge in [-0.15, -0.1) is 0 Å². The quantitative estimate of drug-likeness (QED) is 0.768. The van der Waals surface area contributed by atoms with E-state index in [4.69, 9.17) is 5.11 Å². The summed E-state index contributed by atoms with van der Waals surface area (Å²) in [6, 6.07) is 1.54. The van der Waals surface area contributed by atoms with Crippen molar-refractivity contribution in [1.82, 2.24) is 9.29 Å². The Balaban J connectivity index is 2.18. The minimum Gasteiger partial charge on any atom is -0.396 e. The first-order chi connectivity index (χ1) is 7.14. The number of nitrogens with zero attached hydrogens (tertiary/aromatic N) is 1. The lowest BCUT2D eigenvalue weighted by molar-refractivity contribution is 0.233. The molecule has 0 saturated carbocycles. The van der Waals surface area contributed by atoms with E-state index < -0.39 is 10.0 Å². The third-order valence-electron chi connectivity index (χ3n) is 2.71. The second-order valence-corrected chi connectivity index (χ2v) is 5.68. The van der Waals surface area contributed by atoms with Gasteiger partial charge in [-0.1, -0.05) is 0 Å². The summed E-state index contributed by atoms with van der Waals surface area (Å²) < 4.78 is 25.4. The van der Waals surface area contributed by atoms with E-state index in [0.717, 1.165) is 6.42 Å². The molecule has 1 fully saturated rings. The van der Waals surface area contributed by atoms with Crippen molar-refractivity contribution in [2.75, 3.05) is 19.7 Å². The lowest BCUT2D eigenvalue weighted by atomic mass is 10.1. The van der Waals surface area contributed by atoms with Crippen LogP contribution in [0.1, 0.15) is 6.42 Å². The SMILES string of the molecule is O=S(=O)(c1cc[nH]c1)N1CCC(CO)C1. The van der Waals surface area contributed by atoms with Gasteiger partial charge >= 0.3 is 0 Å². The monoisotopic (exact) mass is 230 g/mol. The van der Waals surface area contributed by atoms with Crippen LogP contribution in [0.4, 0.5) is 0 Å². The molecule has 1 saturated heterocycles. The maximum absolute atomic E-state index is 12.0. The molecule has 0 amide bonds. The Morgan fingerprint density at radius 3 is 2.93 bits per heavy atom. The maximum Gasteiger partial charge on any atom is 0.244 e. The normalized spacial score (nSPS) is 23.4. The number of aliphatic hydroxyl groups excluding tert-OH is 1. The summed E-state index contributed by atoms with van der Waals surface area (Å²) >= 11 is 0. The molecule has 1 aliphatic heterocycles. The van der Waals surface area contributed by atoms with Crippen molar-refractivity contribution < 1.29 is 13.5 Å². The fourth-order valence-corrected chi connectivity index (χ4v) is 3.29. The summed E-state index contributed by atoms with van der Waals surface area (Å²) in [6.07, 6.45) is 3.80. The van der Waals surface area contributed by atoms with E-state index in [0.29, 0.717) is 18.0 Å². The predicted octanol–water partition coefficient (Wildman–Crippen LogP) is 0.0176. The summed E-state index contributed by atoms with van der Waals surface area (Å²) in [5.74, 6) is 0.0821. The number of aromatic nitrogens is 1. The topological polar surface area (TPSA) is 73.4 Å². The van der Waals surface area contributed by atoms with Gasteiger partial charge in [-0.25, -0.2) is 8.42 Å². The molecule has 6 heteroatoms. The molecule has 2 rings (SSSR count). The standard InChI is InChI=1S/C9H14N2O3S/c12-7-8-2-4-11(6-8)15(13,14)9-1-3-10-5-9/h1,3,5,8,10,12H,2,4,6-7H2. The van der Waals surface area contributed by atoms with Crippen molar-refractivity contribution in [3.8, 4) is 0 Å². The van der Waals surface area contributed by atoms with Crippen LogP contribution in [0, 0.1) is 5.92 Å². The first kappa shape index (κ1) is 10.7. The van der Waals surface area contributed by atoms with E-state index >= 15 is 0 Å². The zero-order chi connectivity index (χ0) is 10.9. The summed E-state index contributed by atoms with van der Waals surface area (Å²) in [7, 11) is -3.35. The van der Waals surface area contributed by atoms with Gasteiger partial charge in [0.05, 0.1) is 4.90 Å². The molecule has 1 atom stereocenters. The number of nitrogens with one attached hydrogen (secondary N) is 1. The number of aliphatic hydroxyl groups is 1. The Labute approximate surface area is 88.8 Å². The molecule has 0 aliphatic carbocycles. The number of rotatable bonds is 3. The first-order valence-corrected chi connectivity index (χ1v) is 6.32. The van der Waals surface area contributed by atoms with Crippen LogP contribution in [0.2, 0.25) is 0 Å². The second-order valence-electron chi connectivity index (χ2n) is 3.75. The van der Waals surface area contributed by atoms with Crippen molar-refractivity contribution in [3.63, 3.8) is 0 Å². The molecule has 84 valence electrons. The zero-order valence-corrected chi connectivity index (χ0v) is 9.07. The minimum atomic E-state index is -3.35. The van der Waals surface area contributed by atoms with Crippen molar-refractivity contribution in [2.45, 2.75) is 11.3 Å². The minimum absolute atomic E-state index is 0.0547. The molecule has 5 nitrogen and oxygen atoms in total. The molecule has 1 aliphatic rings. The van der Waals surface area contributed by atoms with Gasteiger partial charge in [0, 0.05) is 32.1 Å². The van der Waals surface area contributed by atoms with Gasteiger partial charge in [-0.3, -0.25) is 0 Å². The second kappa shape index (κ2) is 3.96. The summed E-state index contributed by atoms with van der Waals surface area (Å²) in [6.45, 7) is 0.974. The van der Waals surface area contributed by atoms with Crippen LogP contribution >= 0.6 is 0 Å². The highest BCUT2D eigenvalue weighted by Gasteiger charge is 2.32. The molecule has 2 heterocycles. The molecule has 0 bridgehead atoms. The lowest BCUT2D eigenvalue weighted by Gasteiger charge is -2.14. The van der Waals surface area contributed by atoms with E-state index in [-0.39, 0.29) is 12.5 Å². The Kier molecular flexibility index (Phi) is 2.81. The van der Waals surface area contributed by atoms with Gasteiger partial charge in [0.1, 0.15) is 0 Å². The smallest absolute Gasteiger partial charge is 0.244 e. The highest BCUT2D eigenvalue weighted by Crippen LogP contribution is 2.23. The van der Waals surface area contributed by atoms with Crippen LogP contribution in [0.3, 0.4) is 0 Å². The van der Waals surface area contributed by atoms with Gasteiger partial charge in [0.15, 0.2) is 0 Å². The van der Waals surface area contributed by atoms with Crippen molar-refractivity contribution in [3.05, 3.63) is 18.5 Å². The first-order valence-electron chi connectivity index (χ1n) is 4.88. The fourth-order valence-electron chi connectivity index (χ4n) is 1.78. The molecule has 1 aromatic heterocycles. The zero-order valence-electron chi connectivity index (χ0n) is 8.26. The van der Waals surface area contributed by atoms with Crippen LogP contribution in [0.25, 0.3) is 0 Å². The molecule has 1 unspecified atom stereocenters. The average molecular weight is 230 g/mol. The summed E-state index contributed by atoms with van der Waals surface area (Å²) in [4.78, 5) is 3.02. The van der Waals surface area contributed by atoms with Gasteiger partial charge < -0.3 is 10.1 Å². The number of hydrogen-bond donors (Lipinski definition) is 2. The summed E-state index contributed by atoms with van der Waals surface area (Å²) in [5, 5.41) is 8.95. The molecule has 1 aromatic rings. The molecular weight excluding hydrogens is 216 g/mol. The molecule has 0 spiro atoms. The third-order valence-corrected chi connectivity index (χ3v) is 4.58. The highest BCUT2D eigenvalue weighted by molar-refractivity contribution is 7.89. The molecular formula is C9H14N2O3S. The molecule has 0 aromatic carbocycles. The number of sulfonamides is 1. The number of aromatic amines is 1.